The summed E-state index contributed by atoms with van der Waals surface area (Å²) in [6.45, 7) is 0.949. The minimum atomic E-state index is 0.288. The molecule has 1 fully saturated rings. The SMILES string of the molecule is C#Cc1cncc([C@H]2CCCN2N)c1. The van der Waals surface area contributed by atoms with Crippen molar-refractivity contribution in [2.24, 2.45) is 5.84 Å². The molecule has 3 nitrogen and oxygen atoms in total. The number of nitrogens with zero attached hydrogens (tertiary/aromatic N) is 2. The van der Waals surface area contributed by atoms with Crippen LogP contribution >= 0.6 is 0 Å². The number of terminal acetylenes is 1. The molecule has 0 saturated carbocycles. The molecule has 1 atom stereocenters. The Morgan fingerprint density at radius 3 is 3.07 bits per heavy atom. The van der Waals surface area contributed by atoms with Crippen LogP contribution in [0.1, 0.15) is 30.0 Å². The monoisotopic (exact) mass is 187 g/mol. The molecule has 0 unspecified atom stereocenters. The van der Waals surface area contributed by atoms with Crippen molar-refractivity contribution >= 4 is 0 Å². The summed E-state index contributed by atoms with van der Waals surface area (Å²) in [7, 11) is 0. The van der Waals surface area contributed by atoms with Crippen LogP contribution in [0.3, 0.4) is 0 Å². The predicted molar refractivity (Wildman–Crippen MR) is 55.0 cm³/mol. The standard InChI is InChI=1S/C11H13N3/c1-2-9-6-10(8-13-7-9)11-4-3-5-14(11)12/h1,6-8,11H,3-5,12H2/t11-/m1/s1. The second-order valence-corrected chi connectivity index (χ2v) is 3.55. The van der Waals surface area contributed by atoms with Gasteiger partial charge in [-0.2, -0.15) is 0 Å². The molecule has 1 saturated heterocycles. The maximum Gasteiger partial charge on any atom is 0.0506 e. The van der Waals surface area contributed by atoms with Crippen molar-refractivity contribution in [2.45, 2.75) is 18.9 Å². The molecule has 2 rings (SSSR count). The van der Waals surface area contributed by atoms with E-state index < -0.39 is 0 Å². The second-order valence-electron chi connectivity index (χ2n) is 3.55. The lowest BCUT2D eigenvalue weighted by molar-refractivity contribution is 0.265. The molecule has 1 aliphatic heterocycles. The Bertz CT molecular complexity index is 367. The zero-order chi connectivity index (χ0) is 9.97. The Labute approximate surface area is 83.9 Å². The van der Waals surface area contributed by atoms with E-state index in [2.05, 4.69) is 10.9 Å². The van der Waals surface area contributed by atoms with Crippen LogP contribution in [0, 0.1) is 12.3 Å². The maximum atomic E-state index is 5.86. The van der Waals surface area contributed by atoms with Gasteiger partial charge in [-0.1, -0.05) is 5.92 Å². The van der Waals surface area contributed by atoms with Crippen LogP contribution in [-0.4, -0.2) is 16.5 Å². The largest absolute Gasteiger partial charge is 0.268 e. The highest BCUT2D eigenvalue weighted by Crippen LogP contribution is 2.28. The summed E-state index contributed by atoms with van der Waals surface area (Å²) in [5.41, 5.74) is 1.95. The molecule has 0 bridgehead atoms. The summed E-state index contributed by atoms with van der Waals surface area (Å²) >= 11 is 0. The molecular formula is C11H13N3. The Balaban J connectivity index is 2.28. The first kappa shape index (κ1) is 9.20. The van der Waals surface area contributed by atoms with Crippen LogP contribution in [0.4, 0.5) is 0 Å². The van der Waals surface area contributed by atoms with Gasteiger partial charge in [0, 0.05) is 24.5 Å². The lowest BCUT2D eigenvalue weighted by Gasteiger charge is -2.18. The topological polar surface area (TPSA) is 42.2 Å². The van der Waals surface area contributed by atoms with E-state index in [0.29, 0.717) is 0 Å². The molecule has 0 radical (unpaired) electrons. The second kappa shape index (κ2) is 3.79. The fourth-order valence-corrected chi connectivity index (χ4v) is 1.87. The fourth-order valence-electron chi connectivity index (χ4n) is 1.87. The van der Waals surface area contributed by atoms with Crippen molar-refractivity contribution in [1.82, 2.24) is 9.99 Å². The van der Waals surface area contributed by atoms with Crippen LogP contribution in [-0.2, 0) is 0 Å². The third-order valence-electron chi connectivity index (χ3n) is 2.61. The van der Waals surface area contributed by atoms with Gasteiger partial charge in [-0.05, 0) is 24.5 Å². The zero-order valence-electron chi connectivity index (χ0n) is 7.98. The van der Waals surface area contributed by atoms with Crippen molar-refractivity contribution in [3.8, 4) is 12.3 Å². The first-order chi connectivity index (χ1) is 6.81. The van der Waals surface area contributed by atoms with Crippen LogP contribution in [0.25, 0.3) is 0 Å². The van der Waals surface area contributed by atoms with Crippen molar-refractivity contribution in [1.29, 1.82) is 0 Å². The number of hydrogen-bond acceptors (Lipinski definition) is 3. The van der Waals surface area contributed by atoms with Gasteiger partial charge in [-0.3, -0.25) is 10.8 Å². The lowest BCUT2D eigenvalue weighted by Crippen LogP contribution is -2.30. The molecule has 14 heavy (non-hydrogen) atoms. The number of hydrogen-bond donors (Lipinski definition) is 1. The lowest BCUT2D eigenvalue weighted by atomic mass is 10.1. The van der Waals surface area contributed by atoms with E-state index in [4.69, 9.17) is 12.3 Å². The van der Waals surface area contributed by atoms with Gasteiger partial charge in [0.15, 0.2) is 0 Å². The molecule has 1 aliphatic rings. The molecule has 0 aliphatic carbocycles. The summed E-state index contributed by atoms with van der Waals surface area (Å²) < 4.78 is 0. The van der Waals surface area contributed by atoms with E-state index in [0.717, 1.165) is 30.5 Å². The smallest absolute Gasteiger partial charge is 0.0506 e. The van der Waals surface area contributed by atoms with Gasteiger partial charge in [0.2, 0.25) is 0 Å². The first-order valence-corrected chi connectivity index (χ1v) is 4.74. The molecule has 0 amide bonds. The van der Waals surface area contributed by atoms with E-state index in [-0.39, 0.29) is 6.04 Å². The molecule has 72 valence electrons. The van der Waals surface area contributed by atoms with E-state index in [1.165, 1.54) is 0 Å². The molecule has 3 heteroatoms. The highest BCUT2D eigenvalue weighted by molar-refractivity contribution is 5.33. The number of nitrogens with two attached hydrogens (primary N) is 1. The van der Waals surface area contributed by atoms with Gasteiger partial charge >= 0.3 is 0 Å². The number of pyridine rings is 1. The van der Waals surface area contributed by atoms with Crippen molar-refractivity contribution in [3.05, 3.63) is 29.6 Å². The van der Waals surface area contributed by atoms with Crippen molar-refractivity contribution in [2.75, 3.05) is 6.54 Å². The van der Waals surface area contributed by atoms with E-state index >= 15 is 0 Å². The third kappa shape index (κ3) is 1.63. The summed E-state index contributed by atoms with van der Waals surface area (Å²) in [4.78, 5) is 4.11. The molecule has 1 aromatic rings. The van der Waals surface area contributed by atoms with Crippen molar-refractivity contribution < 1.29 is 0 Å². The van der Waals surface area contributed by atoms with Gasteiger partial charge in [-0.15, -0.1) is 6.42 Å². The molecule has 2 N–H and O–H groups in total. The van der Waals surface area contributed by atoms with Gasteiger partial charge in [0.1, 0.15) is 0 Å². The Kier molecular flexibility index (Phi) is 2.49. The molecule has 2 heterocycles. The van der Waals surface area contributed by atoms with Gasteiger partial charge in [0.05, 0.1) is 6.04 Å². The highest BCUT2D eigenvalue weighted by atomic mass is 15.4. The highest BCUT2D eigenvalue weighted by Gasteiger charge is 2.23. The Morgan fingerprint density at radius 2 is 2.43 bits per heavy atom. The van der Waals surface area contributed by atoms with Crippen LogP contribution in [0.5, 0.6) is 0 Å². The Morgan fingerprint density at radius 1 is 1.57 bits per heavy atom. The van der Waals surface area contributed by atoms with Gasteiger partial charge in [-0.25, -0.2) is 5.01 Å². The number of hydrazine groups is 1. The third-order valence-corrected chi connectivity index (χ3v) is 2.61. The number of aromatic nitrogens is 1. The minimum Gasteiger partial charge on any atom is -0.268 e. The van der Waals surface area contributed by atoms with Crippen LogP contribution < -0.4 is 5.84 Å². The summed E-state index contributed by atoms with van der Waals surface area (Å²) in [6, 6.07) is 2.28. The van der Waals surface area contributed by atoms with Gasteiger partial charge in [0.25, 0.3) is 0 Å². The predicted octanol–water partition coefficient (Wildman–Crippen LogP) is 1.07. The zero-order valence-corrected chi connectivity index (χ0v) is 7.98. The van der Waals surface area contributed by atoms with E-state index in [9.17, 15) is 0 Å². The van der Waals surface area contributed by atoms with Gasteiger partial charge < -0.3 is 0 Å². The normalized spacial score (nSPS) is 22.1. The first-order valence-electron chi connectivity index (χ1n) is 4.74. The molecular weight excluding hydrogens is 174 g/mol. The molecule has 0 spiro atoms. The van der Waals surface area contributed by atoms with E-state index in [1.54, 1.807) is 6.20 Å². The average molecular weight is 187 g/mol. The summed E-state index contributed by atoms with van der Waals surface area (Å²) in [5.74, 6) is 8.44. The van der Waals surface area contributed by atoms with Crippen LogP contribution in [0.2, 0.25) is 0 Å². The summed E-state index contributed by atoms with van der Waals surface area (Å²) in [5, 5.41) is 1.86. The fraction of sp³-hybridized carbons (Fsp3) is 0.364. The van der Waals surface area contributed by atoms with E-state index in [1.807, 2.05) is 17.3 Å². The summed E-state index contributed by atoms with van der Waals surface area (Å²) in [6.07, 6.45) is 11.1. The van der Waals surface area contributed by atoms with Crippen LogP contribution in [0.15, 0.2) is 18.5 Å². The average Bonchev–Trinajstić information content (AvgIpc) is 2.65. The quantitative estimate of drug-likeness (QED) is 0.528. The molecule has 0 aromatic carbocycles. The minimum absolute atomic E-state index is 0.288. The maximum absolute atomic E-state index is 5.86. The molecule has 1 aromatic heterocycles. The Hall–Kier alpha value is -1.37. The van der Waals surface area contributed by atoms with Crippen molar-refractivity contribution in [3.63, 3.8) is 0 Å². The number of rotatable bonds is 1.